The van der Waals surface area contributed by atoms with Crippen molar-refractivity contribution in [1.82, 2.24) is 4.98 Å². The summed E-state index contributed by atoms with van der Waals surface area (Å²) in [6.07, 6.45) is 5.46. The summed E-state index contributed by atoms with van der Waals surface area (Å²) in [5, 5.41) is 5.07. The van der Waals surface area contributed by atoms with Gasteiger partial charge in [-0.3, -0.25) is 4.79 Å². The number of hydrogen-bond donors (Lipinski definition) is 2. The number of aromatic nitrogens is 1. The first-order valence-electron chi connectivity index (χ1n) is 10.0. The Morgan fingerprint density at radius 2 is 2.00 bits per heavy atom. The van der Waals surface area contributed by atoms with Gasteiger partial charge in [0.15, 0.2) is 0 Å². The van der Waals surface area contributed by atoms with E-state index in [4.69, 9.17) is 11.6 Å². The molecule has 2 aromatic carbocycles. The Balaban J connectivity index is 1.54. The van der Waals surface area contributed by atoms with Crippen LogP contribution in [0.3, 0.4) is 0 Å². The number of carbonyl (C=O) groups is 1. The van der Waals surface area contributed by atoms with Gasteiger partial charge in [0, 0.05) is 28.8 Å². The molecule has 4 rings (SSSR count). The normalized spacial score (nSPS) is 15.4. The second-order valence-corrected chi connectivity index (χ2v) is 9.05. The third-order valence-corrected chi connectivity index (χ3v) is 6.51. The van der Waals surface area contributed by atoms with Crippen LogP contribution in [-0.2, 0) is 16.6 Å². The number of fused-ring (bicyclic) bond motifs is 2. The second kappa shape index (κ2) is 7.29. The summed E-state index contributed by atoms with van der Waals surface area (Å²) < 4.78 is 0. The van der Waals surface area contributed by atoms with Crippen molar-refractivity contribution in [2.24, 2.45) is 0 Å². The van der Waals surface area contributed by atoms with Crippen LogP contribution >= 0.6 is 11.6 Å². The summed E-state index contributed by atoms with van der Waals surface area (Å²) in [6.45, 7) is 6.88. The van der Waals surface area contributed by atoms with E-state index in [0.717, 1.165) is 35.5 Å². The van der Waals surface area contributed by atoms with Crippen molar-refractivity contribution in [3.63, 3.8) is 0 Å². The molecule has 1 aliphatic heterocycles. The highest BCUT2D eigenvalue weighted by atomic mass is 35.5. The lowest BCUT2D eigenvalue weighted by Gasteiger charge is -2.32. The number of benzene rings is 2. The predicted octanol–water partition coefficient (Wildman–Crippen LogP) is 6.57. The van der Waals surface area contributed by atoms with Gasteiger partial charge in [-0.25, -0.2) is 0 Å². The third kappa shape index (κ3) is 3.56. The Morgan fingerprint density at radius 3 is 2.82 bits per heavy atom. The van der Waals surface area contributed by atoms with Crippen LogP contribution in [0.15, 0.2) is 42.6 Å². The van der Waals surface area contributed by atoms with E-state index in [-0.39, 0.29) is 11.3 Å². The average molecular weight is 395 g/mol. The molecule has 1 amide bonds. The minimum atomic E-state index is 0.0341. The van der Waals surface area contributed by atoms with Gasteiger partial charge < -0.3 is 10.3 Å². The smallest absolute Gasteiger partial charge is 0.224 e. The molecule has 1 unspecified atom stereocenters. The number of nitrogens with one attached hydrogen (secondary N) is 2. The van der Waals surface area contributed by atoms with Crippen molar-refractivity contribution in [2.45, 2.75) is 57.8 Å². The summed E-state index contributed by atoms with van der Waals surface area (Å²) in [7, 11) is 0. The maximum absolute atomic E-state index is 11.7. The summed E-state index contributed by atoms with van der Waals surface area (Å²) in [5.41, 5.74) is 5.96. The van der Waals surface area contributed by atoms with Crippen molar-refractivity contribution in [1.29, 1.82) is 0 Å². The van der Waals surface area contributed by atoms with Crippen molar-refractivity contribution in [3.05, 3.63) is 64.3 Å². The fourth-order valence-corrected chi connectivity index (χ4v) is 4.75. The van der Waals surface area contributed by atoms with Crippen LogP contribution in [-0.4, -0.2) is 10.9 Å². The maximum atomic E-state index is 11.7. The summed E-state index contributed by atoms with van der Waals surface area (Å²) in [4.78, 5) is 15.0. The fraction of sp³-hybridized carbons (Fsp3) is 0.375. The van der Waals surface area contributed by atoms with Crippen molar-refractivity contribution < 1.29 is 4.79 Å². The molecule has 0 fully saturated rings. The lowest BCUT2D eigenvalue weighted by Crippen LogP contribution is -2.25. The first-order valence-corrected chi connectivity index (χ1v) is 10.4. The highest BCUT2D eigenvalue weighted by molar-refractivity contribution is 6.32. The van der Waals surface area contributed by atoms with Crippen molar-refractivity contribution in [2.75, 3.05) is 5.32 Å². The molecule has 1 aromatic heterocycles. The van der Waals surface area contributed by atoms with E-state index in [1.165, 1.54) is 22.1 Å². The summed E-state index contributed by atoms with van der Waals surface area (Å²) in [5.74, 6) is 0.496. The van der Waals surface area contributed by atoms with Gasteiger partial charge in [0.1, 0.15) is 0 Å². The number of hydrogen-bond acceptors (Lipinski definition) is 1. The average Bonchev–Trinajstić information content (AvgIpc) is 3.12. The van der Waals surface area contributed by atoms with E-state index in [0.29, 0.717) is 12.3 Å². The van der Waals surface area contributed by atoms with Gasteiger partial charge in [-0.2, -0.15) is 0 Å². The van der Waals surface area contributed by atoms with Crippen LogP contribution in [0.4, 0.5) is 5.69 Å². The predicted molar refractivity (Wildman–Crippen MR) is 117 cm³/mol. The molecular weight excluding hydrogens is 368 g/mol. The third-order valence-electron chi connectivity index (χ3n) is 6.19. The van der Waals surface area contributed by atoms with Gasteiger partial charge >= 0.3 is 0 Å². The molecule has 2 heterocycles. The molecule has 0 aliphatic carbocycles. The van der Waals surface area contributed by atoms with E-state index in [1.807, 2.05) is 18.3 Å². The zero-order valence-electron chi connectivity index (χ0n) is 16.7. The zero-order valence-corrected chi connectivity index (χ0v) is 17.5. The van der Waals surface area contributed by atoms with Gasteiger partial charge in [-0.15, -0.1) is 0 Å². The molecule has 3 aromatic rings. The lowest BCUT2D eigenvalue weighted by atomic mass is 9.75. The monoisotopic (exact) mass is 394 g/mol. The number of amides is 1. The molecule has 0 spiro atoms. The number of anilines is 1. The molecule has 28 heavy (non-hydrogen) atoms. The van der Waals surface area contributed by atoms with Crippen LogP contribution in [0.5, 0.6) is 0 Å². The van der Waals surface area contributed by atoms with Crippen LogP contribution in [0.25, 0.3) is 10.9 Å². The van der Waals surface area contributed by atoms with E-state index in [1.54, 1.807) is 0 Å². The van der Waals surface area contributed by atoms with Gasteiger partial charge in [0.05, 0.1) is 0 Å². The van der Waals surface area contributed by atoms with E-state index < -0.39 is 0 Å². The molecule has 3 nitrogen and oxygen atoms in total. The van der Waals surface area contributed by atoms with Crippen LogP contribution in [0, 0.1) is 0 Å². The Bertz CT molecular complexity index is 1030. The largest absolute Gasteiger partial charge is 0.361 e. The minimum Gasteiger partial charge on any atom is -0.361 e. The molecule has 2 N–H and O–H groups in total. The molecule has 0 bridgehead atoms. The molecule has 0 saturated heterocycles. The first kappa shape index (κ1) is 19.1. The van der Waals surface area contributed by atoms with E-state index in [2.05, 4.69) is 55.3 Å². The Kier molecular flexibility index (Phi) is 4.96. The highest BCUT2D eigenvalue weighted by Gasteiger charge is 2.28. The topological polar surface area (TPSA) is 44.9 Å². The molecule has 146 valence electrons. The zero-order chi connectivity index (χ0) is 19.9. The minimum absolute atomic E-state index is 0.0341. The van der Waals surface area contributed by atoms with Crippen molar-refractivity contribution in [3.8, 4) is 0 Å². The number of carbonyl (C=O) groups excluding carboxylic acids is 1. The summed E-state index contributed by atoms with van der Waals surface area (Å²) >= 11 is 6.57. The van der Waals surface area contributed by atoms with Crippen LogP contribution in [0.1, 0.15) is 62.6 Å². The fourth-order valence-electron chi connectivity index (χ4n) is 4.40. The van der Waals surface area contributed by atoms with Gasteiger partial charge in [0.2, 0.25) is 5.91 Å². The molecule has 1 atom stereocenters. The Morgan fingerprint density at radius 1 is 1.18 bits per heavy atom. The van der Waals surface area contributed by atoms with Crippen molar-refractivity contribution >= 4 is 34.1 Å². The van der Waals surface area contributed by atoms with Gasteiger partial charge in [-0.05, 0) is 76.9 Å². The number of H-pyrrole nitrogens is 1. The maximum Gasteiger partial charge on any atom is 0.224 e. The summed E-state index contributed by atoms with van der Waals surface area (Å²) in [6, 6.07) is 12.6. The molecule has 0 saturated carbocycles. The molecule has 0 radical (unpaired) electrons. The standard InChI is InChI=1S/C24H27ClN2O/c1-15(18-13-16-10-12-26-22(16)14-20(18)25)9-11-24(2,3)19-5-4-6-21-17(19)7-8-23(28)27-21/h4-6,10,12-15,26H,7-9,11H2,1-3H3,(H,27,28). The number of rotatable bonds is 5. The van der Waals surface area contributed by atoms with Crippen LogP contribution in [0.2, 0.25) is 5.02 Å². The first-order chi connectivity index (χ1) is 13.3. The lowest BCUT2D eigenvalue weighted by molar-refractivity contribution is -0.116. The molecule has 1 aliphatic rings. The van der Waals surface area contributed by atoms with Gasteiger partial charge in [-0.1, -0.05) is 44.5 Å². The van der Waals surface area contributed by atoms with Gasteiger partial charge in [0.25, 0.3) is 0 Å². The number of halogens is 1. The molecular formula is C24H27ClN2O. The number of aromatic amines is 1. The Labute approximate surface area is 171 Å². The second-order valence-electron chi connectivity index (χ2n) is 8.64. The quantitative estimate of drug-likeness (QED) is 0.505. The highest BCUT2D eigenvalue weighted by Crippen LogP contribution is 2.39. The molecule has 4 heteroatoms. The van der Waals surface area contributed by atoms with E-state index >= 15 is 0 Å². The SMILES string of the molecule is CC(CCC(C)(C)c1cccc2c1CCC(=O)N2)c1cc2cc[nH]c2cc1Cl. The van der Waals surface area contributed by atoms with Crippen LogP contribution < -0.4 is 5.32 Å². The Hall–Kier alpha value is -2.26. The van der Waals surface area contributed by atoms with E-state index in [9.17, 15) is 4.79 Å².